The Morgan fingerprint density at radius 1 is 0.815 bits per heavy atom. The SMILES string of the molecule is CCCCOc1ccc(C(=O)Oc2ccc(-c3ccc(F)cc3)cc2)cc1. The van der Waals surface area contributed by atoms with E-state index < -0.39 is 5.97 Å². The fourth-order valence-corrected chi connectivity index (χ4v) is 2.55. The van der Waals surface area contributed by atoms with Gasteiger partial charge in [-0.2, -0.15) is 0 Å². The monoisotopic (exact) mass is 364 g/mol. The molecule has 0 amide bonds. The molecule has 3 aromatic rings. The summed E-state index contributed by atoms with van der Waals surface area (Å²) in [5, 5.41) is 0. The first-order chi connectivity index (χ1) is 13.2. The summed E-state index contributed by atoms with van der Waals surface area (Å²) in [6.45, 7) is 2.77. The number of halogens is 1. The number of rotatable bonds is 7. The Morgan fingerprint density at radius 3 is 1.96 bits per heavy atom. The average Bonchev–Trinajstić information content (AvgIpc) is 2.70. The number of hydrogen-bond donors (Lipinski definition) is 0. The van der Waals surface area contributed by atoms with E-state index in [-0.39, 0.29) is 5.82 Å². The lowest BCUT2D eigenvalue weighted by atomic mass is 10.1. The molecule has 0 fully saturated rings. The largest absolute Gasteiger partial charge is 0.494 e. The molecule has 0 atom stereocenters. The van der Waals surface area contributed by atoms with Gasteiger partial charge < -0.3 is 9.47 Å². The predicted molar refractivity (Wildman–Crippen MR) is 104 cm³/mol. The van der Waals surface area contributed by atoms with Crippen LogP contribution in [0.1, 0.15) is 30.1 Å². The van der Waals surface area contributed by atoms with E-state index in [1.54, 1.807) is 48.5 Å². The maximum Gasteiger partial charge on any atom is 0.343 e. The molecule has 3 rings (SSSR count). The normalized spacial score (nSPS) is 10.4. The highest BCUT2D eigenvalue weighted by Crippen LogP contribution is 2.23. The third-order valence-electron chi connectivity index (χ3n) is 4.10. The van der Waals surface area contributed by atoms with Crippen molar-refractivity contribution in [3.8, 4) is 22.6 Å². The number of ether oxygens (including phenoxy) is 2. The number of hydrogen-bond acceptors (Lipinski definition) is 3. The molecule has 0 radical (unpaired) electrons. The van der Waals surface area contributed by atoms with E-state index in [2.05, 4.69) is 6.92 Å². The average molecular weight is 364 g/mol. The molecule has 0 aliphatic heterocycles. The van der Waals surface area contributed by atoms with Crippen LogP contribution in [0, 0.1) is 5.82 Å². The van der Waals surface area contributed by atoms with Crippen LogP contribution in [-0.2, 0) is 0 Å². The van der Waals surface area contributed by atoms with Crippen molar-refractivity contribution in [3.63, 3.8) is 0 Å². The minimum atomic E-state index is -0.426. The zero-order valence-corrected chi connectivity index (χ0v) is 15.2. The minimum Gasteiger partial charge on any atom is -0.494 e. The molecular weight excluding hydrogens is 343 g/mol. The summed E-state index contributed by atoms with van der Waals surface area (Å²) in [4.78, 5) is 12.3. The summed E-state index contributed by atoms with van der Waals surface area (Å²) in [5.41, 5.74) is 2.27. The number of benzene rings is 3. The molecule has 0 N–H and O–H groups in total. The minimum absolute atomic E-state index is 0.272. The van der Waals surface area contributed by atoms with Crippen molar-refractivity contribution < 1.29 is 18.7 Å². The second-order valence-electron chi connectivity index (χ2n) is 6.15. The first-order valence-corrected chi connectivity index (χ1v) is 8.97. The lowest BCUT2D eigenvalue weighted by Gasteiger charge is -2.08. The number of carbonyl (C=O) groups excluding carboxylic acids is 1. The summed E-state index contributed by atoms with van der Waals surface area (Å²) in [5.74, 6) is 0.494. The van der Waals surface area contributed by atoms with Gasteiger partial charge in [-0.1, -0.05) is 37.6 Å². The van der Waals surface area contributed by atoms with Crippen molar-refractivity contribution >= 4 is 5.97 Å². The van der Waals surface area contributed by atoms with Crippen molar-refractivity contribution in [2.24, 2.45) is 0 Å². The van der Waals surface area contributed by atoms with Crippen molar-refractivity contribution in [2.45, 2.75) is 19.8 Å². The first kappa shape index (κ1) is 18.6. The number of carbonyl (C=O) groups is 1. The van der Waals surface area contributed by atoms with E-state index >= 15 is 0 Å². The fourth-order valence-electron chi connectivity index (χ4n) is 2.55. The Morgan fingerprint density at radius 2 is 1.37 bits per heavy atom. The van der Waals surface area contributed by atoms with Crippen LogP contribution < -0.4 is 9.47 Å². The van der Waals surface area contributed by atoms with E-state index in [0.717, 1.165) is 29.7 Å². The van der Waals surface area contributed by atoms with Gasteiger partial charge in [-0.15, -0.1) is 0 Å². The molecule has 0 unspecified atom stereocenters. The maximum absolute atomic E-state index is 13.0. The standard InChI is InChI=1S/C23H21FO3/c1-2-3-16-26-21-12-8-19(9-13-21)23(25)27-22-14-6-18(7-15-22)17-4-10-20(24)11-5-17/h4-15H,2-3,16H2,1H3. The van der Waals surface area contributed by atoms with Gasteiger partial charge in [0.2, 0.25) is 0 Å². The van der Waals surface area contributed by atoms with E-state index in [1.807, 2.05) is 12.1 Å². The van der Waals surface area contributed by atoms with E-state index in [0.29, 0.717) is 17.9 Å². The van der Waals surface area contributed by atoms with Gasteiger partial charge in [0.05, 0.1) is 12.2 Å². The molecule has 0 aliphatic carbocycles. The highest BCUT2D eigenvalue weighted by atomic mass is 19.1. The van der Waals surface area contributed by atoms with E-state index in [9.17, 15) is 9.18 Å². The zero-order chi connectivity index (χ0) is 19.1. The molecule has 0 heterocycles. The van der Waals surface area contributed by atoms with Crippen molar-refractivity contribution in [1.82, 2.24) is 0 Å². The lowest BCUT2D eigenvalue weighted by molar-refractivity contribution is 0.0734. The summed E-state index contributed by atoms with van der Waals surface area (Å²) in [6, 6.07) is 20.3. The molecule has 0 bridgehead atoms. The van der Waals surface area contributed by atoms with Crippen LogP contribution in [0.25, 0.3) is 11.1 Å². The van der Waals surface area contributed by atoms with E-state index in [1.165, 1.54) is 12.1 Å². The van der Waals surface area contributed by atoms with Gasteiger partial charge in [-0.05, 0) is 66.1 Å². The molecule has 0 saturated carbocycles. The van der Waals surface area contributed by atoms with Crippen LogP contribution >= 0.6 is 0 Å². The molecule has 138 valence electrons. The molecule has 4 heteroatoms. The summed E-state index contributed by atoms with van der Waals surface area (Å²) in [7, 11) is 0. The fraction of sp³-hybridized carbons (Fsp3) is 0.174. The third kappa shape index (κ3) is 5.17. The third-order valence-corrected chi connectivity index (χ3v) is 4.10. The van der Waals surface area contributed by atoms with Crippen molar-refractivity contribution in [2.75, 3.05) is 6.61 Å². The highest BCUT2D eigenvalue weighted by Gasteiger charge is 2.09. The molecule has 27 heavy (non-hydrogen) atoms. The quantitative estimate of drug-likeness (QED) is 0.298. The molecule has 3 nitrogen and oxygen atoms in total. The van der Waals surface area contributed by atoms with Crippen molar-refractivity contribution in [3.05, 3.63) is 84.2 Å². The van der Waals surface area contributed by atoms with Crippen LogP contribution in [-0.4, -0.2) is 12.6 Å². The lowest BCUT2D eigenvalue weighted by Crippen LogP contribution is -2.08. The van der Waals surface area contributed by atoms with Gasteiger partial charge in [0, 0.05) is 0 Å². The van der Waals surface area contributed by atoms with Gasteiger partial charge in [-0.3, -0.25) is 0 Å². The summed E-state index contributed by atoms with van der Waals surface area (Å²) < 4.78 is 24.0. The molecule has 0 aliphatic rings. The second kappa shape index (κ2) is 8.99. The summed E-state index contributed by atoms with van der Waals surface area (Å²) in [6.07, 6.45) is 2.07. The smallest absolute Gasteiger partial charge is 0.343 e. The Balaban J connectivity index is 1.61. The summed E-state index contributed by atoms with van der Waals surface area (Å²) >= 11 is 0. The topological polar surface area (TPSA) is 35.5 Å². The van der Waals surface area contributed by atoms with Crippen LogP contribution in [0.5, 0.6) is 11.5 Å². The molecule has 0 aromatic heterocycles. The van der Waals surface area contributed by atoms with Gasteiger partial charge >= 0.3 is 5.97 Å². The highest BCUT2D eigenvalue weighted by molar-refractivity contribution is 5.91. The Bertz CT molecular complexity index is 869. The van der Waals surface area contributed by atoms with Crippen LogP contribution in [0.15, 0.2) is 72.8 Å². The van der Waals surface area contributed by atoms with E-state index in [4.69, 9.17) is 9.47 Å². The molecule has 0 spiro atoms. The number of esters is 1. The second-order valence-corrected chi connectivity index (χ2v) is 6.15. The molecular formula is C23H21FO3. The van der Waals surface area contributed by atoms with Gasteiger partial charge in [0.15, 0.2) is 0 Å². The van der Waals surface area contributed by atoms with Gasteiger partial charge in [0.1, 0.15) is 17.3 Å². The van der Waals surface area contributed by atoms with Gasteiger partial charge in [-0.25, -0.2) is 9.18 Å². The molecule has 3 aromatic carbocycles. The molecule has 0 saturated heterocycles. The Kier molecular flexibility index (Phi) is 6.21. The van der Waals surface area contributed by atoms with Crippen LogP contribution in [0.4, 0.5) is 4.39 Å². The number of unbranched alkanes of at least 4 members (excludes halogenated alkanes) is 1. The first-order valence-electron chi connectivity index (χ1n) is 8.97. The van der Waals surface area contributed by atoms with Gasteiger partial charge in [0.25, 0.3) is 0 Å². The zero-order valence-electron chi connectivity index (χ0n) is 15.2. The Labute approximate surface area is 158 Å². The van der Waals surface area contributed by atoms with Crippen LogP contribution in [0.3, 0.4) is 0 Å². The van der Waals surface area contributed by atoms with Crippen molar-refractivity contribution in [1.29, 1.82) is 0 Å². The maximum atomic E-state index is 13.0. The Hall–Kier alpha value is -3.14. The van der Waals surface area contributed by atoms with Crippen LogP contribution in [0.2, 0.25) is 0 Å². The predicted octanol–water partition coefficient (Wildman–Crippen LogP) is 5.89.